The van der Waals surface area contributed by atoms with E-state index in [1.54, 1.807) is 6.07 Å². The average Bonchev–Trinajstić information content (AvgIpc) is 2.41. The van der Waals surface area contributed by atoms with Crippen LogP contribution in [-0.4, -0.2) is 11.5 Å². The van der Waals surface area contributed by atoms with Crippen molar-refractivity contribution >= 4 is 23.2 Å². The molecule has 0 aliphatic heterocycles. The summed E-state index contributed by atoms with van der Waals surface area (Å²) >= 11 is 12.2. The number of hydrogen-bond acceptors (Lipinski definition) is 2. The van der Waals surface area contributed by atoms with Gasteiger partial charge >= 0.3 is 0 Å². The summed E-state index contributed by atoms with van der Waals surface area (Å²) in [5.41, 5.74) is 3.32. The first-order chi connectivity index (χ1) is 9.60. The molecule has 20 heavy (non-hydrogen) atoms. The summed E-state index contributed by atoms with van der Waals surface area (Å²) in [4.78, 5) is 4.47. The summed E-state index contributed by atoms with van der Waals surface area (Å²) < 4.78 is 0. The van der Waals surface area contributed by atoms with Crippen LogP contribution in [0.3, 0.4) is 0 Å². The van der Waals surface area contributed by atoms with Crippen LogP contribution in [0.5, 0.6) is 0 Å². The van der Waals surface area contributed by atoms with Crippen molar-refractivity contribution in [1.29, 1.82) is 0 Å². The van der Waals surface area contributed by atoms with Crippen LogP contribution in [0, 0.1) is 6.92 Å². The molecule has 2 aromatic rings. The number of rotatable bonds is 5. The number of halogens is 2. The fraction of sp³-hybridized carbons (Fsp3) is 0.312. The largest absolute Gasteiger partial charge is 0.309 e. The Balaban J connectivity index is 2.25. The molecule has 4 heteroatoms. The van der Waals surface area contributed by atoms with Crippen molar-refractivity contribution in [3.63, 3.8) is 0 Å². The molecule has 0 saturated heterocycles. The van der Waals surface area contributed by atoms with Crippen molar-refractivity contribution in [1.82, 2.24) is 10.3 Å². The van der Waals surface area contributed by atoms with Crippen LogP contribution >= 0.6 is 23.2 Å². The van der Waals surface area contributed by atoms with Crippen LogP contribution in [0.25, 0.3) is 0 Å². The molecule has 0 spiro atoms. The molecule has 2 rings (SSSR count). The van der Waals surface area contributed by atoms with Gasteiger partial charge in [0, 0.05) is 16.2 Å². The number of hydrogen-bond donors (Lipinski definition) is 1. The molecule has 0 aliphatic carbocycles. The molecule has 106 valence electrons. The van der Waals surface area contributed by atoms with Crippen LogP contribution in [0.1, 0.15) is 29.8 Å². The molecule has 1 aromatic carbocycles. The van der Waals surface area contributed by atoms with Crippen LogP contribution < -0.4 is 5.32 Å². The van der Waals surface area contributed by atoms with E-state index in [0.717, 1.165) is 24.2 Å². The van der Waals surface area contributed by atoms with E-state index in [4.69, 9.17) is 23.2 Å². The molecule has 0 aliphatic rings. The Bertz CT molecular complexity index is 584. The van der Waals surface area contributed by atoms with Crippen LogP contribution in [0.15, 0.2) is 36.5 Å². The maximum absolute atomic E-state index is 6.26. The Morgan fingerprint density at radius 1 is 1.20 bits per heavy atom. The van der Waals surface area contributed by atoms with Gasteiger partial charge in [0.25, 0.3) is 0 Å². The third-order valence-corrected chi connectivity index (χ3v) is 3.77. The molecule has 0 amide bonds. The average molecular weight is 309 g/mol. The van der Waals surface area contributed by atoms with E-state index in [1.807, 2.05) is 24.4 Å². The first-order valence-electron chi connectivity index (χ1n) is 6.70. The maximum Gasteiger partial charge on any atom is 0.0579 e. The number of aryl methyl sites for hydroxylation is 1. The molecule has 0 saturated carbocycles. The minimum atomic E-state index is 0.151. The van der Waals surface area contributed by atoms with Gasteiger partial charge in [0.2, 0.25) is 0 Å². The molecule has 0 bridgehead atoms. The predicted octanol–water partition coefficient (Wildman–Crippen LogP) is 4.59. The first-order valence-corrected chi connectivity index (χ1v) is 7.45. The smallest absolute Gasteiger partial charge is 0.0579 e. The third-order valence-electron chi connectivity index (χ3n) is 3.18. The summed E-state index contributed by atoms with van der Waals surface area (Å²) in [6.07, 6.45) is 2.64. The molecule has 1 unspecified atom stereocenters. The Morgan fingerprint density at radius 3 is 2.65 bits per heavy atom. The summed E-state index contributed by atoms with van der Waals surface area (Å²) in [6.45, 7) is 5.04. The molecule has 2 nitrogen and oxygen atoms in total. The molecule has 1 heterocycles. The highest BCUT2D eigenvalue weighted by molar-refractivity contribution is 6.35. The Morgan fingerprint density at radius 2 is 2.00 bits per heavy atom. The molecule has 1 aromatic heterocycles. The van der Waals surface area contributed by atoms with E-state index in [-0.39, 0.29) is 6.04 Å². The third kappa shape index (κ3) is 3.95. The second-order valence-electron chi connectivity index (χ2n) is 4.81. The van der Waals surface area contributed by atoms with E-state index >= 15 is 0 Å². The van der Waals surface area contributed by atoms with E-state index in [0.29, 0.717) is 10.0 Å². The van der Waals surface area contributed by atoms with Crippen molar-refractivity contribution < 1.29 is 0 Å². The van der Waals surface area contributed by atoms with Crippen LogP contribution in [0.4, 0.5) is 0 Å². The Hall–Kier alpha value is -1.09. The lowest BCUT2D eigenvalue weighted by molar-refractivity contribution is 0.536. The highest BCUT2D eigenvalue weighted by atomic mass is 35.5. The van der Waals surface area contributed by atoms with Crippen molar-refractivity contribution in [3.05, 3.63) is 63.4 Å². The van der Waals surface area contributed by atoms with E-state index in [2.05, 4.69) is 30.2 Å². The normalized spacial score (nSPS) is 12.4. The summed E-state index contributed by atoms with van der Waals surface area (Å²) in [7, 11) is 0. The maximum atomic E-state index is 6.26. The highest BCUT2D eigenvalue weighted by Gasteiger charge is 2.14. The second kappa shape index (κ2) is 7.07. The quantitative estimate of drug-likeness (QED) is 0.874. The lowest BCUT2D eigenvalue weighted by Gasteiger charge is -2.18. The van der Waals surface area contributed by atoms with Gasteiger partial charge < -0.3 is 5.32 Å². The highest BCUT2D eigenvalue weighted by Crippen LogP contribution is 2.25. The number of aromatic nitrogens is 1. The Kier molecular flexibility index (Phi) is 5.41. The summed E-state index contributed by atoms with van der Waals surface area (Å²) in [6, 6.07) is 9.89. The fourth-order valence-electron chi connectivity index (χ4n) is 2.18. The lowest BCUT2D eigenvalue weighted by Crippen LogP contribution is -2.24. The number of likely N-dealkylation sites (N-methyl/N-ethyl adjacent to an activating group) is 1. The van der Waals surface area contributed by atoms with Crippen molar-refractivity contribution in [2.24, 2.45) is 0 Å². The second-order valence-corrected chi connectivity index (χ2v) is 5.65. The monoisotopic (exact) mass is 308 g/mol. The number of nitrogens with one attached hydrogen (secondary N) is 1. The predicted molar refractivity (Wildman–Crippen MR) is 85.6 cm³/mol. The summed E-state index contributed by atoms with van der Waals surface area (Å²) in [5.74, 6) is 0. The minimum absolute atomic E-state index is 0.151. The van der Waals surface area contributed by atoms with Gasteiger partial charge in [0.05, 0.1) is 11.7 Å². The SMILES string of the molecule is CCNC(Cc1ccc(Cl)cc1Cl)c1cc(C)ccn1. The van der Waals surface area contributed by atoms with Crippen molar-refractivity contribution in [2.45, 2.75) is 26.3 Å². The van der Waals surface area contributed by atoms with Crippen molar-refractivity contribution in [2.75, 3.05) is 6.54 Å². The number of pyridine rings is 1. The van der Waals surface area contributed by atoms with E-state index in [9.17, 15) is 0 Å². The standard InChI is InChI=1S/C16H18Cl2N2/c1-3-19-16(15-8-11(2)6-7-20-15)9-12-4-5-13(17)10-14(12)18/h4-8,10,16,19H,3,9H2,1-2H3. The molecule has 1 N–H and O–H groups in total. The molecule has 0 radical (unpaired) electrons. The zero-order chi connectivity index (χ0) is 14.5. The van der Waals surface area contributed by atoms with Gasteiger partial charge in [-0.3, -0.25) is 4.98 Å². The van der Waals surface area contributed by atoms with E-state index < -0.39 is 0 Å². The fourth-order valence-corrected chi connectivity index (χ4v) is 2.67. The van der Waals surface area contributed by atoms with Gasteiger partial charge in [-0.1, -0.05) is 36.2 Å². The minimum Gasteiger partial charge on any atom is -0.309 e. The first kappa shape index (κ1) is 15.3. The summed E-state index contributed by atoms with van der Waals surface area (Å²) in [5, 5.41) is 4.82. The van der Waals surface area contributed by atoms with Gasteiger partial charge in [-0.25, -0.2) is 0 Å². The zero-order valence-electron chi connectivity index (χ0n) is 11.7. The molecular weight excluding hydrogens is 291 g/mol. The Labute approximate surface area is 130 Å². The van der Waals surface area contributed by atoms with Crippen molar-refractivity contribution in [3.8, 4) is 0 Å². The van der Waals surface area contributed by atoms with Crippen LogP contribution in [0.2, 0.25) is 10.0 Å². The topological polar surface area (TPSA) is 24.9 Å². The number of nitrogens with zero attached hydrogens (tertiary/aromatic N) is 1. The van der Waals surface area contributed by atoms with Crippen LogP contribution in [-0.2, 0) is 6.42 Å². The van der Waals surface area contributed by atoms with Gasteiger partial charge in [0.15, 0.2) is 0 Å². The number of benzene rings is 1. The molecular formula is C16H18Cl2N2. The lowest BCUT2D eigenvalue weighted by atomic mass is 10.0. The van der Waals surface area contributed by atoms with Gasteiger partial charge in [-0.2, -0.15) is 0 Å². The van der Waals surface area contributed by atoms with Gasteiger partial charge in [-0.15, -0.1) is 0 Å². The van der Waals surface area contributed by atoms with Gasteiger partial charge in [-0.05, 0) is 55.3 Å². The molecule has 0 fully saturated rings. The van der Waals surface area contributed by atoms with E-state index in [1.165, 1.54) is 5.56 Å². The van der Waals surface area contributed by atoms with Gasteiger partial charge in [0.1, 0.15) is 0 Å². The molecule has 1 atom stereocenters. The zero-order valence-corrected chi connectivity index (χ0v) is 13.2.